The summed E-state index contributed by atoms with van der Waals surface area (Å²) >= 11 is 0. The second kappa shape index (κ2) is 9.15. The van der Waals surface area contributed by atoms with E-state index in [1.165, 1.54) is 5.69 Å². The van der Waals surface area contributed by atoms with Crippen molar-refractivity contribution in [2.24, 2.45) is 0 Å². The van der Waals surface area contributed by atoms with E-state index in [1.54, 1.807) is 19.4 Å². The van der Waals surface area contributed by atoms with Crippen molar-refractivity contribution in [2.45, 2.75) is 20.0 Å². The van der Waals surface area contributed by atoms with Crippen molar-refractivity contribution >= 4 is 28.0 Å². The molecule has 0 radical (unpaired) electrons. The van der Waals surface area contributed by atoms with Gasteiger partial charge in [0.15, 0.2) is 0 Å². The summed E-state index contributed by atoms with van der Waals surface area (Å²) in [6, 6.07) is 15.5. The molecule has 8 heteroatoms. The van der Waals surface area contributed by atoms with Crippen molar-refractivity contribution in [3.63, 3.8) is 0 Å². The quantitative estimate of drug-likeness (QED) is 0.462. The molecule has 0 bridgehead atoms. The number of nitrogens with zero attached hydrogens (tertiary/aromatic N) is 3. The normalized spacial score (nSPS) is 16.0. The summed E-state index contributed by atoms with van der Waals surface area (Å²) in [5.74, 6) is 0.981. The van der Waals surface area contributed by atoms with E-state index in [0.29, 0.717) is 28.5 Å². The van der Waals surface area contributed by atoms with Crippen molar-refractivity contribution in [2.75, 3.05) is 37.0 Å². The first kappa shape index (κ1) is 21.9. The molecule has 2 N–H and O–H groups in total. The number of anilines is 3. The van der Waals surface area contributed by atoms with E-state index >= 15 is 0 Å². The zero-order valence-electron chi connectivity index (χ0n) is 19.5. The van der Waals surface area contributed by atoms with Crippen LogP contribution in [0.2, 0.25) is 0 Å². The van der Waals surface area contributed by atoms with Crippen molar-refractivity contribution in [3.05, 3.63) is 70.6 Å². The summed E-state index contributed by atoms with van der Waals surface area (Å²) in [4.78, 5) is 27.1. The summed E-state index contributed by atoms with van der Waals surface area (Å²) < 4.78 is 10.9. The van der Waals surface area contributed by atoms with Gasteiger partial charge < -0.3 is 24.7 Å². The van der Waals surface area contributed by atoms with E-state index < -0.39 is 0 Å². The highest BCUT2D eigenvalue weighted by atomic mass is 16.5. The van der Waals surface area contributed by atoms with Crippen LogP contribution < -0.4 is 20.5 Å². The number of fused-ring (bicyclic) bond motifs is 1. The van der Waals surface area contributed by atoms with Gasteiger partial charge >= 0.3 is 0 Å². The Hall–Kier alpha value is -3.91. The molecule has 0 unspecified atom stereocenters. The Morgan fingerprint density at radius 1 is 1.15 bits per heavy atom. The molecule has 0 spiro atoms. The molecule has 0 amide bonds. The summed E-state index contributed by atoms with van der Waals surface area (Å²) in [6.45, 7) is 6.65. The molecular formula is C26H27N5O3. The van der Waals surface area contributed by atoms with Crippen LogP contribution in [0.4, 0.5) is 17.2 Å². The number of methoxy groups -OCH3 is 1. The number of ether oxygens (including phenoxy) is 2. The number of morpholine rings is 1. The molecule has 8 nitrogen and oxygen atoms in total. The summed E-state index contributed by atoms with van der Waals surface area (Å²) in [6.07, 6.45) is 1.85. The lowest BCUT2D eigenvalue weighted by Gasteiger charge is -2.34. The number of aromatic amines is 1. The van der Waals surface area contributed by atoms with Crippen molar-refractivity contribution < 1.29 is 9.47 Å². The Labute approximate surface area is 197 Å². The number of rotatable bonds is 5. The van der Waals surface area contributed by atoms with Gasteiger partial charge in [-0.05, 0) is 61.2 Å². The van der Waals surface area contributed by atoms with Gasteiger partial charge in [-0.25, -0.2) is 9.97 Å². The van der Waals surface area contributed by atoms with Gasteiger partial charge in [0.1, 0.15) is 5.82 Å². The third-order valence-corrected chi connectivity index (χ3v) is 5.99. The number of H-pyrrole nitrogens is 1. The molecule has 1 aliphatic rings. The van der Waals surface area contributed by atoms with Crippen LogP contribution in [-0.2, 0) is 4.74 Å². The fourth-order valence-electron chi connectivity index (χ4n) is 4.37. The first-order valence-electron chi connectivity index (χ1n) is 11.3. The summed E-state index contributed by atoms with van der Waals surface area (Å²) in [7, 11) is 1.58. The maximum absolute atomic E-state index is 12.7. The predicted molar refractivity (Wildman–Crippen MR) is 134 cm³/mol. The number of pyridine rings is 3. The average molecular weight is 458 g/mol. The number of aromatic nitrogens is 3. The molecular weight excluding hydrogens is 430 g/mol. The average Bonchev–Trinajstić information content (AvgIpc) is 2.84. The highest BCUT2D eigenvalue weighted by Crippen LogP contribution is 2.30. The van der Waals surface area contributed by atoms with Crippen LogP contribution in [0.25, 0.3) is 22.2 Å². The Morgan fingerprint density at radius 3 is 2.82 bits per heavy atom. The van der Waals surface area contributed by atoms with Crippen LogP contribution in [0, 0.1) is 6.92 Å². The van der Waals surface area contributed by atoms with Crippen LogP contribution >= 0.6 is 0 Å². The van der Waals surface area contributed by atoms with Crippen molar-refractivity contribution in [3.8, 4) is 17.3 Å². The zero-order chi connectivity index (χ0) is 23.7. The molecule has 1 atom stereocenters. The van der Waals surface area contributed by atoms with Crippen LogP contribution in [0.1, 0.15) is 12.5 Å². The van der Waals surface area contributed by atoms with Crippen LogP contribution in [0.3, 0.4) is 0 Å². The standard InChI is InChI=1S/C26H27N5O3/c1-16-13-19(7-8-22(16)31-11-12-34-17(2)15-31)28-25-24-18(9-10-27-26(24)32)14-21(30-25)20-5-4-6-23(29-20)33-3/h4-10,13-14,17H,11-12,15H2,1-3H3,(H,27,32)(H,28,30)/t17-/m1/s1. The van der Waals surface area contributed by atoms with Crippen LogP contribution in [-0.4, -0.2) is 47.9 Å². The monoisotopic (exact) mass is 457 g/mol. The van der Waals surface area contributed by atoms with E-state index in [-0.39, 0.29) is 11.7 Å². The van der Waals surface area contributed by atoms with Gasteiger partial charge in [-0.15, -0.1) is 0 Å². The van der Waals surface area contributed by atoms with Crippen LogP contribution in [0.5, 0.6) is 5.88 Å². The van der Waals surface area contributed by atoms with E-state index in [0.717, 1.165) is 36.3 Å². The van der Waals surface area contributed by atoms with E-state index in [1.807, 2.05) is 30.3 Å². The number of aryl methyl sites for hydroxylation is 1. The predicted octanol–water partition coefficient (Wildman–Crippen LogP) is 4.27. The lowest BCUT2D eigenvalue weighted by molar-refractivity contribution is 0.0532. The van der Waals surface area contributed by atoms with Gasteiger partial charge in [-0.2, -0.15) is 0 Å². The van der Waals surface area contributed by atoms with Gasteiger partial charge in [-0.1, -0.05) is 6.07 Å². The second-order valence-corrected chi connectivity index (χ2v) is 8.45. The highest BCUT2D eigenvalue weighted by Gasteiger charge is 2.19. The third-order valence-electron chi connectivity index (χ3n) is 5.99. The molecule has 5 rings (SSSR count). The maximum atomic E-state index is 12.7. The second-order valence-electron chi connectivity index (χ2n) is 8.45. The van der Waals surface area contributed by atoms with Crippen molar-refractivity contribution in [1.82, 2.24) is 15.0 Å². The number of hydrogen-bond donors (Lipinski definition) is 2. The number of nitrogens with one attached hydrogen (secondary N) is 2. The molecule has 1 saturated heterocycles. The molecule has 1 aromatic carbocycles. The van der Waals surface area contributed by atoms with Gasteiger partial charge in [0.05, 0.1) is 36.6 Å². The summed E-state index contributed by atoms with van der Waals surface area (Å²) in [5.41, 5.74) is 4.30. The molecule has 3 aromatic heterocycles. The Bertz CT molecular complexity index is 1400. The molecule has 4 aromatic rings. The van der Waals surface area contributed by atoms with E-state index in [9.17, 15) is 4.79 Å². The molecule has 4 heterocycles. The number of hydrogen-bond acceptors (Lipinski definition) is 7. The largest absolute Gasteiger partial charge is 0.481 e. The van der Waals surface area contributed by atoms with E-state index in [4.69, 9.17) is 14.5 Å². The SMILES string of the molecule is COc1cccc(-c2cc3cc[nH]c(=O)c3c(Nc3ccc(N4CCO[C@H](C)C4)c(C)c3)n2)n1. The van der Waals surface area contributed by atoms with Crippen LogP contribution in [0.15, 0.2) is 59.5 Å². The fraction of sp³-hybridized carbons (Fsp3) is 0.269. The molecule has 0 aliphatic carbocycles. The molecule has 1 fully saturated rings. The first-order chi connectivity index (χ1) is 16.5. The van der Waals surface area contributed by atoms with Gasteiger partial charge in [-0.3, -0.25) is 4.79 Å². The number of benzene rings is 1. The maximum Gasteiger partial charge on any atom is 0.259 e. The molecule has 1 aliphatic heterocycles. The summed E-state index contributed by atoms with van der Waals surface area (Å²) in [5, 5.41) is 4.65. The Morgan fingerprint density at radius 2 is 2.03 bits per heavy atom. The fourth-order valence-corrected chi connectivity index (χ4v) is 4.37. The lowest BCUT2D eigenvalue weighted by atomic mass is 10.1. The Kier molecular flexibility index (Phi) is 5.90. The van der Waals surface area contributed by atoms with Gasteiger partial charge in [0.25, 0.3) is 5.56 Å². The van der Waals surface area contributed by atoms with E-state index in [2.05, 4.69) is 46.2 Å². The minimum absolute atomic E-state index is 0.201. The highest BCUT2D eigenvalue weighted by molar-refractivity contribution is 5.95. The first-order valence-corrected chi connectivity index (χ1v) is 11.3. The minimum Gasteiger partial charge on any atom is -0.481 e. The van der Waals surface area contributed by atoms with Gasteiger partial charge in [0, 0.05) is 36.7 Å². The lowest BCUT2D eigenvalue weighted by Crippen LogP contribution is -2.41. The molecule has 0 saturated carbocycles. The third kappa shape index (κ3) is 4.32. The zero-order valence-corrected chi connectivity index (χ0v) is 19.5. The van der Waals surface area contributed by atoms with Crippen molar-refractivity contribution in [1.29, 1.82) is 0 Å². The smallest absolute Gasteiger partial charge is 0.259 e. The molecule has 34 heavy (non-hydrogen) atoms. The molecule has 174 valence electrons. The Balaban J connectivity index is 1.54. The minimum atomic E-state index is -0.201. The van der Waals surface area contributed by atoms with Gasteiger partial charge in [0.2, 0.25) is 5.88 Å². The topological polar surface area (TPSA) is 92.4 Å².